The van der Waals surface area contributed by atoms with E-state index in [1.54, 1.807) is 12.4 Å². The molecule has 0 aliphatic carbocycles. The van der Waals surface area contributed by atoms with E-state index in [9.17, 15) is 0 Å². The summed E-state index contributed by atoms with van der Waals surface area (Å²) in [6, 6.07) is 0. The highest BCUT2D eigenvalue weighted by atomic mass is 16.3. The molecule has 1 rings (SSSR count). The van der Waals surface area contributed by atoms with Crippen LogP contribution in [0.3, 0.4) is 0 Å². The Morgan fingerprint density at radius 1 is 1.31 bits per heavy atom. The van der Waals surface area contributed by atoms with Crippen molar-refractivity contribution in [2.45, 2.75) is 12.5 Å². The zero-order valence-electron chi connectivity index (χ0n) is 7.51. The van der Waals surface area contributed by atoms with Crippen molar-refractivity contribution in [2.24, 2.45) is 0 Å². The first-order valence-electron chi connectivity index (χ1n) is 4.03. The fourth-order valence-electron chi connectivity index (χ4n) is 1.04. The molecule has 1 aromatic heterocycles. The first-order valence-corrected chi connectivity index (χ1v) is 4.03. The molecule has 5 heteroatoms. The van der Waals surface area contributed by atoms with Crippen LogP contribution in [0.2, 0.25) is 0 Å². The van der Waals surface area contributed by atoms with Gasteiger partial charge in [0.1, 0.15) is 5.54 Å². The van der Waals surface area contributed by atoms with Gasteiger partial charge in [-0.25, -0.2) is 0 Å². The van der Waals surface area contributed by atoms with Crippen LogP contribution in [0.1, 0.15) is 5.56 Å². The summed E-state index contributed by atoms with van der Waals surface area (Å²) in [7, 11) is 0. The largest absolute Gasteiger partial charge is 0.394 e. The highest BCUT2D eigenvalue weighted by Gasteiger charge is 2.30. The van der Waals surface area contributed by atoms with Crippen molar-refractivity contribution in [3.63, 3.8) is 0 Å². The van der Waals surface area contributed by atoms with E-state index in [0.29, 0.717) is 0 Å². The van der Waals surface area contributed by atoms with Gasteiger partial charge >= 0.3 is 0 Å². The summed E-state index contributed by atoms with van der Waals surface area (Å²) in [6.07, 6.45) is 3.28. The minimum absolute atomic E-state index is 0.346. The van der Waals surface area contributed by atoms with Crippen molar-refractivity contribution in [1.29, 1.82) is 0 Å². The normalized spacial score (nSPS) is 12.0. The quantitative estimate of drug-likeness (QED) is 0.555. The number of rotatable bonds is 4. The molecule has 0 saturated carbocycles. The molecule has 0 atom stereocenters. The van der Waals surface area contributed by atoms with Crippen molar-refractivity contribution < 1.29 is 15.3 Å². The molecule has 74 valence electrons. The average molecular weight is 186 g/mol. The monoisotopic (exact) mass is 186 g/mol. The number of aliphatic hydroxyl groups is 3. The number of hydrogen-bond donors (Lipinski definition) is 3. The maximum atomic E-state index is 9.06. The molecular formula is C8H14N2O3. The molecule has 0 radical (unpaired) electrons. The highest BCUT2D eigenvalue weighted by molar-refractivity contribution is 5.03. The van der Waals surface area contributed by atoms with Gasteiger partial charge in [-0.3, -0.25) is 4.68 Å². The number of nitrogens with zero attached hydrogens (tertiary/aromatic N) is 2. The van der Waals surface area contributed by atoms with Gasteiger partial charge in [0.25, 0.3) is 0 Å². The minimum Gasteiger partial charge on any atom is -0.394 e. The fraction of sp³-hybridized carbons (Fsp3) is 0.625. The second-order valence-electron chi connectivity index (χ2n) is 3.16. The molecule has 0 amide bonds. The summed E-state index contributed by atoms with van der Waals surface area (Å²) < 4.78 is 1.39. The van der Waals surface area contributed by atoms with E-state index in [0.717, 1.165) is 5.56 Å². The van der Waals surface area contributed by atoms with E-state index in [4.69, 9.17) is 15.3 Å². The average Bonchev–Trinajstić information content (AvgIpc) is 2.57. The van der Waals surface area contributed by atoms with Gasteiger partial charge < -0.3 is 15.3 Å². The first-order chi connectivity index (χ1) is 6.18. The van der Waals surface area contributed by atoms with Crippen LogP contribution in [0.15, 0.2) is 12.4 Å². The number of aryl methyl sites for hydroxylation is 1. The lowest BCUT2D eigenvalue weighted by atomic mass is 10.0. The molecular weight excluding hydrogens is 172 g/mol. The molecule has 1 heterocycles. The lowest BCUT2D eigenvalue weighted by Crippen LogP contribution is -2.45. The van der Waals surface area contributed by atoms with Gasteiger partial charge in [0.15, 0.2) is 0 Å². The topological polar surface area (TPSA) is 78.5 Å². The van der Waals surface area contributed by atoms with E-state index in [-0.39, 0.29) is 19.8 Å². The molecule has 0 bridgehead atoms. The zero-order chi connectivity index (χ0) is 9.90. The molecule has 0 unspecified atom stereocenters. The number of aliphatic hydroxyl groups excluding tert-OH is 3. The van der Waals surface area contributed by atoms with E-state index in [2.05, 4.69) is 5.10 Å². The van der Waals surface area contributed by atoms with Gasteiger partial charge in [0, 0.05) is 6.20 Å². The second-order valence-corrected chi connectivity index (χ2v) is 3.16. The van der Waals surface area contributed by atoms with Gasteiger partial charge in [-0.15, -0.1) is 0 Å². The molecule has 0 aliphatic heterocycles. The second kappa shape index (κ2) is 3.87. The minimum atomic E-state index is -1.09. The Kier molecular flexibility index (Phi) is 3.02. The van der Waals surface area contributed by atoms with Gasteiger partial charge in [0.2, 0.25) is 0 Å². The third kappa shape index (κ3) is 1.72. The molecule has 0 spiro atoms. The Balaban J connectivity index is 3.00. The third-order valence-electron chi connectivity index (χ3n) is 2.08. The number of aromatic nitrogens is 2. The van der Waals surface area contributed by atoms with Crippen LogP contribution in [0.25, 0.3) is 0 Å². The molecule has 0 aromatic carbocycles. The van der Waals surface area contributed by atoms with Crippen LogP contribution in [0, 0.1) is 6.92 Å². The Morgan fingerprint density at radius 2 is 1.85 bits per heavy atom. The van der Waals surface area contributed by atoms with Gasteiger partial charge in [0.05, 0.1) is 26.0 Å². The Bertz CT molecular complexity index is 260. The van der Waals surface area contributed by atoms with Crippen molar-refractivity contribution in [2.75, 3.05) is 19.8 Å². The maximum Gasteiger partial charge on any atom is 0.131 e. The molecule has 3 N–H and O–H groups in total. The lowest BCUT2D eigenvalue weighted by Gasteiger charge is -2.27. The van der Waals surface area contributed by atoms with Crippen LogP contribution < -0.4 is 0 Å². The summed E-state index contributed by atoms with van der Waals surface area (Å²) in [5.41, 5.74) is -0.173. The molecule has 0 saturated heterocycles. The predicted molar refractivity (Wildman–Crippen MR) is 46.2 cm³/mol. The van der Waals surface area contributed by atoms with Gasteiger partial charge in [-0.2, -0.15) is 5.10 Å². The SMILES string of the molecule is Cc1cnn(C(CO)(CO)CO)c1. The van der Waals surface area contributed by atoms with Crippen molar-refractivity contribution in [1.82, 2.24) is 9.78 Å². The molecule has 0 fully saturated rings. The van der Waals surface area contributed by atoms with E-state index >= 15 is 0 Å². The summed E-state index contributed by atoms with van der Waals surface area (Å²) in [5.74, 6) is 0. The maximum absolute atomic E-state index is 9.06. The van der Waals surface area contributed by atoms with Crippen LogP contribution in [0.5, 0.6) is 0 Å². The third-order valence-corrected chi connectivity index (χ3v) is 2.08. The van der Waals surface area contributed by atoms with Crippen molar-refractivity contribution >= 4 is 0 Å². The summed E-state index contributed by atoms with van der Waals surface area (Å²) in [6.45, 7) is 0.809. The number of hydrogen-bond acceptors (Lipinski definition) is 4. The highest BCUT2D eigenvalue weighted by Crippen LogP contribution is 2.14. The standard InChI is InChI=1S/C8H14N2O3/c1-7-2-9-10(3-7)8(4-11,5-12)6-13/h2-3,11-13H,4-6H2,1H3. The van der Waals surface area contributed by atoms with E-state index in [1.807, 2.05) is 6.92 Å². The van der Waals surface area contributed by atoms with Crippen LogP contribution in [0.4, 0.5) is 0 Å². The predicted octanol–water partition coefficient (Wildman–Crippen LogP) is -1.14. The Hall–Kier alpha value is -0.910. The van der Waals surface area contributed by atoms with Crippen molar-refractivity contribution in [3.8, 4) is 0 Å². The fourth-order valence-corrected chi connectivity index (χ4v) is 1.04. The Labute approximate surface area is 76.2 Å². The van der Waals surface area contributed by atoms with Crippen LogP contribution >= 0.6 is 0 Å². The van der Waals surface area contributed by atoms with Gasteiger partial charge in [-0.1, -0.05) is 0 Å². The summed E-state index contributed by atoms with van der Waals surface area (Å²) in [5, 5.41) is 31.1. The summed E-state index contributed by atoms with van der Waals surface area (Å²) in [4.78, 5) is 0. The molecule has 13 heavy (non-hydrogen) atoms. The smallest absolute Gasteiger partial charge is 0.131 e. The zero-order valence-corrected chi connectivity index (χ0v) is 7.51. The molecule has 5 nitrogen and oxygen atoms in total. The Morgan fingerprint density at radius 3 is 2.15 bits per heavy atom. The molecule has 1 aromatic rings. The van der Waals surface area contributed by atoms with Gasteiger partial charge in [-0.05, 0) is 12.5 Å². The van der Waals surface area contributed by atoms with Crippen molar-refractivity contribution in [3.05, 3.63) is 18.0 Å². The van der Waals surface area contributed by atoms with E-state index < -0.39 is 5.54 Å². The first kappa shape index (κ1) is 10.2. The lowest BCUT2D eigenvalue weighted by molar-refractivity contribution is 0.00685. The molecule has 0 aliphatic rings. The summed E-state index contributed by atoms with van der Waals surface area (Å²) >= 11 is 0. The van der Waals surface area contributed by atoms with Crippen LogP contribution in [-0.4, -0.2) is 44.9 Å². The van der Waals surface area contributed by atoms with E-state index in [1.165, 1.54) is 4.68 Å². The van der Waals surface area contributed by atoms with Crippen LogP contribution in [-0.2, 0) is 5.54 Å².